The van der Waals surface area contributed by atoms with Crippen molar-refractivity contribution in [3.63, 3.8) is 0 Å². The number of methoxy groups -OCH3 is 2. The smallest absolute Gasteiger partial charge is 0.269 e. The molecule has 0 radical (unpaired) electrons. The molecule has 0 aromatic heterocycles. The first-order chi connectivity index (χ1) is 14.9. The molecule has 0 spiro atoms. The summed E-state index contributed by atoms with van der Waals surface area (Å²) >= 11 is 0. The summed E-state index contributed by atoms with van der Waals surface area (Å²) < 4.78 is 10.7. The van der Waals surface area contributed by atoms with Crippen LogP contribution < -0.4 is 14.8 Å². The average Bonchev–Trinajstić information content (AvgIpc) is 2.77. The van der Waals surface area contributed by atoms with E-state index < -0.39 is 10.8 Å². The third kappa shape index (κ3) is 3.88. The second-order valence-corrected chi connectivity index (χ2v) is 7.69. The number of allylic oxidation sites excluding steroid dienone is 2. The van der Waals surface area contributed by atoms with E-state index in [2.05, 4.69) is 5.32 Å². The van der Waals surface area contributed by atoms with Gasteiger partial charge in [-0.05, 0) is 35.6 Å². The molecule has 1 heterocycles. The van der Waals surface area contributed by atoms with Crippen LogP contribution in [-0.4, -0.2) is 30.8 Å². The van der Waals surface area contributed by atoms with Gasteiger partial charge in [-0.1, -0.05) is 18.2 Å². The Labute approximate surface area is 179 Å². The average molecular weight is 422 g/mol. The number of benzene rings is 2. The van der Waals surface area contributed by atoms with Gasteiger partial charge in [0.25, 0.3) is 5.69 Å². The number of ketones is 1. The number of hydrogen-bond donors (Lipinski definition) is 1. The van der Waals surface area contributed by atoms with Gasteiger partial charge < -0.3 is 14.8 Å². The maximum atomic E-state index is 13.2. The molecule has 1 N–H and O–H groups in total. The quantitative estimate of drug-likeness (QED) is 0.582. The molecule has 0 saturated heterocycles. The van der Waals surface area contributed by atoms with E-state index in [1.54, 1.807) is 26.4 Å². The molecule has 2 aromatic carbocycles. The predicted octanol–water partition coefficient (Wildman–Crippen LogP) is 3.62. The van der Waals surface area contributed by atoms with E-state index in [0.29, 0.717) is 35.6 Å². The lowest BCUT2D eigenvalue weighted by molar-refractivity contribution is -0.384. The summed E-state index contributed by atoms with van der Waals surface area (Å²) in [6, 6.07) is 11.6. The Kier molecular flexibility index (Phi) is 5.46. The Morgan fingerprint density at radius 2 is 1.61 bits per heavy atom. The molecule has 0 saturated carbocycles. The third-order valence-electron chi connectivity index (χ3n) is 5.92. The van der Waals surface area contributed by atoms with E-state index in [0.717, 1.165) is 11.1 Å². The minimum Gasteiger partial charge on any atom is -0.493 e. The summed E-state index contributed by atoms with van der Waals surface area (Å²) in [6.45, 7) is 0. The van der Waals surface area contributed by atoms with Crippen molar-refractivity contribution in [2.45, 2.75) is 31.1 Å². The summed E-state index contributed by atoms with van der Waals surface area (Å²) in [5.41, 5.74) is 2.87. The number of rotatable bonds is 5. The van der Waals surface area contributed by atoms with Gasteiger partial charge >= 0.3 is 0 Å². The summed E-state index contributed by atoms with van der Waals surface area (Å²) in [7, 11) is 3.12. The van der Waals surface area contributed by atoms with Crippen molar-refractivity contribution < 1.29 is 24.0 Å². The highest BCUT2D eigenvalue weighted by Crippen LogP contribution is 2.43. The number of nitrogens with zero attached hydrogens (tertiary/aromatic N) is 1. The van der Waals surface area contributed by atoms with Gasteiger partial charge in [0, 0.05) is 42.2 Å². The molecule has 2 atom stereocenters. The summed E-state index contributed by atoms with van der Waals surface area (Å²) in [6.07, 6.45) is 0.975. The number of nitro groups is 1. The zero-order chi connectivity index (χ0) is 22.1. The molecule has 31 heavy (non-hydrogen) atoms. The lowest BCUT2D eigenvalue weighted by Crippen LogP contribution is -2.38. The largest absolute Gasteiger partial charge is 0.493 e. The molecule has 160 valence electrons. The summed E-state index contributed by atoms with van der Waals surface area (Å²) in [5.74, 6) is 0.513. The molecule has 8 nitrogen and oxygen atoms in total. The highest BCUT2D eigenvalue weighted by Gasteiger charge is 2.38. The van der Waals surface area contributed by atoms with Crippen LogP contribution in [0.4, 0.5) is 5.69 Å². The number of nitro benzene ring substituents is 1. The molecule has 0 unspecified atom stereocenters. The number of Topliss-reactive ketones (excluding diaryl/α,β-unsaturated/α-hetero) is 1. The molecular formula is C23H22N2O6. The maximum Gasteiger partial charge on any atom is 0.269 e. The van der Waals surface area contributed by atoms with Crippen LogP contribution in [0.5, 0.6) is 11.5 Å². The van der Waals surface area contributed by atoms with Crippen LogP contribution in [-0.2, 0) is 9.59 Å². The molecule has 8 heteroatoms. The van der Waals surface area contributed by atoms with Gasteiger partial charge in [0.05, 0.1) is 19.1 Å². The van der Waals surface area contributed by atoms with Gasteiger partial charge in [0.2, 0.25) is 5.91 Å². The number of carbonyl (C=O) groups excluding carboxylic acids is 2. The first-order valence-electron chi connectivity index (χ1n) is 9.93. The number of ether oxygens (including phenoxy) is 2. The fourth-order valence-electron chi connectivity index (χ4n) is 4.42. The minimum atomic E-state index is -0.471. The van der Waals surface area contributed by atoms with Crippen LogP contribution in [0.3, 0.4) is 0 Å². The van der Waals surface area contributed by atoms with Crippen molar-refractivity contribution in [3.8, 4) is 11.5 Å². The first kappa shape index (κ1) is 20.6. The standard InChI is InChI=1S/C23H22N2O6/c1-30-20-8-5-14(11-21(20)31-2)15-9-18-23(19(26)10-15)17(12-22(27)24-18)13-3-6-16(7-4-13)25(28)29/h3-8,11,15,17H,9-10,12H2,1-2H3,(H,24,27)/t15-,17+/m0/s1. The van der Waals surface area contributed by atoms with Crippen molar-refractivity contribution in [3.05, 3.63) is 75.0 Å². The molecular weight excluding hydrogens is 400 g/mol. The Hall–Kier alpha value is -3.68. The molecule has 2 aliphatic rings. The fraction of sp³-hybridized carbons (Fsp3) is 0.304. The van der Waals surface area contributed by atoms with E-state index in [4.69, 9.17) is 9.47 Å². The highest BCUT2D eigenvalue weighted by atomic mass is 16.6. The SMILES string of the molecule is COc1ccc([C@@H]2CC(=O)C3=C(C2)NC(=O)C[C@@H]3c2ccc([N+](=O)[O-])cc2)cc1OC. The fourth-order valence-corrected chi connectivity index (χ4v) is 4.42. The lowest BCUT2D eigenvalue weighted by atomic mass is 9.73. The Morgan fingerprint density at radius 3 is 2.26 bits per heavy atom. The van der Waals surface area contributed by atoms with Crippen LogP contribution in [0.15, 0.2) is 53.7 Å². The summed E-state index contributed by atoms with van der Waals surface area (Å²) in [5, 5.41) is 13.8. The molecule has 1 aliphatic heterocycles. The van der Waals surface area contributed by atoms with E-state index in [1.807, 2.05) is 18.2 Å². The second-order valence-electron chi connectivity index (χ2n) is 7.69. The number of non-ortho nitro benzene ring substituents is 1. The van der Waals surface area contributed by atoms with Gasteiger partial charge in [0.1, 0.15) is 0 Å². The van der Waals surface area contributed by atoms with Crippen LogP contribution in [0, 0.1) is 10.1 Å². The monoisotopic (exact) mass is 422 g/mol. The number of carbonyl (C=O) groups is 2. The van der Waals surface area contributed by atoms with Gasteiger partial charge in [-0.3, -0.25) is 19.7 Å². The van der Waals surface area contributed by atoms with Gasteiger partial charge in [-0.15, -0.1) is 0 Å². The molecule has 0 bridgehead atoms. The van der Waals surface area contributed by atoms with E-state index in [9.17, 15) is 19.7 Å². The lowest BCUT2D eigenvalue weighted by Gasteiger charge is -2.34. The maximum absolute atomic E-state index is 13.2. The van der Waals surface area contributed by atoms with Gasteiger partial charge in [-0.25, -0.2) is 0 Å². The summed E-state index contributed by atoms with van der Waals surface area (Å²) in [4.78, 5) is 36.1. The third-order valence-corrected chi connectivity index (χ3v) is 5.92. The van der Waals surface area contributed by atoms with E-state index in [1.165, 1.54) is 12.1 Å². The number of nitrogens with one attached hydrogen (secondary N) is 1. The van der Waals surface area contributed by atoms with Crippen molar-refractivity contribution in [1.29, 1.82) is 0 Å². The van der Waals surface area contributed by atoms with Crippen LogP contribution >= 0.6 is 0 Å². The Balaban J connectivity index is 1.67. The zero-order valence-corrected chi connectivity index (χ0v) is 17.2. The van der Waals surface area contributed by atoms with Gasteiger partial charge in [0.15, 0.2) is 17.3 Å². The number of hydrogen-bond acceptors (Lipinski definition) is 6. The van der Waals surface area contributed by atoms with Crippen LogP contribution in [0.2, 0.25) is 0 Å². The van der Waals surface area contributed by atoms with Crippen molar-refractivity contribution >= 4 is 17.4 Å². The predicted molar refractivity (Wildman–Crippen MR) is 112 cm³/mol. The van der Waals surface area contributed by atoms with Crippen molar-refractivity contribution in [2.24, 2.45) is 0 Å². The minimum absolute atomic E-state index is 0.0237. The van der Waals surface area contributed by atoms with Crippen LogP contribution in [0.1, 0.15) is 42.2 Å². The van der Waals surface area contributed by atoms with E-state index in [-0.39, 0.29) is 29.7 Å². The molecule has 4 rings (SSSR count). The second kappa shape index (κ2) is 8.22. The first-order valence-corrected chi connectivity index (χ1v) is 9.93. The topological polar surface area (TPSA) is 108 Å². The molecule has 1 amide bonds. The normalized spacial score (nSPS) is 20.7. The molecule has 0 fully saturated rings. The highest BCUT2D eigenvalue weighted by molar-refractivity contribution is 6.02. The molecule has 2 aromatic rings. The van der Waals surface area contributed by atoms with E-state index >= 15 is 0 Å². The van der Waals surface area contributed by atoms with Gasteiger partial charge in [-0.2, -0.15) is 0 Å². The Bertz CT molecular complexity index is 1090. The molecule has 1 aliphatic carbocycles. The zero-order valence-electron chi connectivity index (χ0n) is 17.2. The Morgan fingerprint density at radius 1 is 0.935 bits per heavy atom. The van der Waals surface area contributed by atoms with Crippen molar-refractivity contribution in [1.82, 2.24) is 5.32 Å². The van der Waals surface area contributed by atoms with Crippen molar-refractivity contribution in [2.75, 3.05) is 14.2 Å². The number of amides is 1. The van der Waals surface area contributed by atoms with Crippen LogP contribution in [0.25, 0.3) is 0 Å².